The molecule has 0 atom stereocenters. The third kappa shape index (κ3) is 2.52. The molecule has 0 aliphatic carbocycles. The number of rotatable bonds is 2. The number of aliphatic hydroxyl groups excluding tert-OH is 1. The van der Waals surface area contributed by atoms with Crippen molar-refractivity contribution in [2.24, 2.45) is 7.05 Å². The first-order valence-electron chi connectivity index (χ1n) is 7.89. The van der Waals surface area contributed by atoms with Crippen molar-refractivity contribution in [3.63, 3.8) is 0 Å². The molecule has 1 aliphatic heterocycles. The summed E-state index contributed by atoms with van der Waals surface area (Å²) in [6.45, 7) is 0.502. The predicted octanol–water partition coefficient (Wildman–Crippen LogP) is 2.75. The lowest BCUT2D eigenvalue weighted by Crippen LogP contribution is -2.37. The second kappa shape index (κ2) is 6.05. The number of carbonyl (C=O) groups is 1. The molecule has 4 rings (SSSR count). The Morgan fingerprint density at radius 2 is 2.24 bits per heavy atom. The molecule has 1 aliphatic rings. The van der Waals surface area contributed by atoms with E-state index < -0.39 is 6.61 Å². The van der Waals surface area contributed by atoms with Gasteiger partial charge in [-0.3, -0.25) is 9.48 Å². The van der Waals surface area contributed by atoms with Gasteiger partial charge in [-0.1, -0.05) is 23.2 Å². The predicted molar refractivity (Wildman–Crippen MR) is 96.7 cm³/mol. The van der Waals surface area contributed by atoms with Crippen LogP contribution in [0.15, 0.2) is 18.3 Å². The number of H-pyrrole nitrogens is 1. The fraction of sp³-hybridized carbons (Fsp3) is 0.294. The van der Waals surface area contributed by atoms with Gasteiger partial charge in [0.25, 0.3) is 0 Å². The van der Waals surface area contributed by atoms with Crippen LogP contribution < -0.4 is 0 Å². The van der Waals surface area contributed by atoms with Crippen LogP contribution >= 0.6 is 23.2 Å². The Labute approximate surface area is 153 Å². The van der Waals surface area contributed by atoms with Crippen LogP contribution in [0.2, 0.25) is 10.0 Å². The number of halogens is 2. The van der Waals surface area contributed by atoms with Crippen molar-refractivity contribution in [2.75, 3.05) is 13.2 Å². The molecule has 2 aromatic heterocycles. The van der Waals surface area contributed by atoms with E-state index in [0.29, 0.717) is 29.6 Å². The van der Waals surface area contributed by atoms with Gasteiger partial charge in [0.15, 0.2) is 0 Å². The highest BCUT2D eigenvalue weighted by Crippen LogP contribution is 2.42. The first kappa shape index (κ1) is 16.4. The zero-order valence-corrected chi connectivity index (χ0v) is 15.0. The molecule has 0 unspecified atom stereocenters. The van der Waals surface area contributed by atoms with Crippen LogP contribution in [-0.2, 0) is 24.8 Å². The number of amides is 1. The van der Waals surface area contributed by atoms with Gasteiger partial charge in [-0.2, -0.15) is 5.10 Å². The Morgan fingerprint density at radius 3 is 2.92 bits per heavy atom. The Kier molecular flexibility index (Phi) is 3.98. The number of aliphatic hydroxyl groups is 1. The Bertz CT molecular complexity index is 992. The van der Waals surface area contributed by atoms with Crippen molar-refractivity contribution in [1.29, 1.82) is 0 Å². The van der Waals surface area contributed by atoms with E-state index in [1.54, 1.807) is 15.8 Å². The van der Waals surface area contributed by atoms with Gasteiger partial charge in [0.05, 0.1) is 21.3 Å². The standard InChI is InChI=1S/C17H16Cl2N4O2/c1-22-13(2-4-20-22)9-6-11(18)16(19)17-15(9)10-7-23(14(25)8-24)5-3-12(10)21-17/h2,4,6,21,24H,3,5,7-8H2,1H3. The van der Waals surface area contributed by atoms with Crippen molar-refractivity contribution in [1.82, 2.24) is 19.7 Å². The maximum atomic E-state index is 11.9. The normalized spacial score (nSPS) is 14.2. The van der Waals surface area contributed by atoms with Gasteiger partial charge in [-0.15, -0.1) is 0 Å². The largest absolute Gasteiger partial charge is 0.387 e. The molecule has 130 valence electrons. The van der Waals surface area contributed by atoms with Gasteiger partial charge in [-0.05, 0) is 12.1 Å². The number of hydrogen-bond donors (Lipinski definition) is 2. The highest BCUT2D eigenvalue weighted by molar-refractivity contribution is 6.45. The van der Waals surface area contributed by atoms with Crippen molar-refractivity contribution in [3.05, 3.63) is 39.6 Å². The summed E-state index contributed by atoms with van der Waals surface area (Å²) in [5.41, 5.74) is 4.66. The fourth-order valence-electron chi connectivity index (χ4n) is 3.49. The van der Waals surface area contributed by atoms with Crippen LogP contribution in [0.1, 0.15) is 11.3 Å². The molecule has 25 heavy (non-hydrogen) atoms. The van der Waals surface area contributed by atoms with Crippen LogP contribution in [0.5, 0.6) is 0 Å². The minimum absolute atomic E-state index is 0.276. The van der Waals surface area contributed by atoms with Gasteiger partial charge in [0.1, 0.15) is 6.61 Å². The second-order valence-electron chi connectivity index (χ2n) is 6.12. The number of hydrogen-bond acceptors (Lipinski definition) is 3. The molecule has 0 spiro atoms. The maximum absolute atomic E-state index is 11.9. The van der Waals surface area contributed by atoms with Crippen molar-refractivity contribution < 1.29 is 9.90 Å². The lowest BCUT2D eigenvalue weighted by molar-refractivity contribution is -0.135. The molecule has 3 heterocycles. The molecule has 0 bridgehead atoms. The molecular formula is C17H16Cl2N4O2. The molecule has 2 N–H and O–H groups in total. The van der Waals surface area contributed by atoms with E-state index in [2.05, 4.69) is 10.1 Å². The number of nitrogens with zero attached hydrogens (tertiary/aromatic N) is 3. The topological polar surface area (TPSA) is 74.2 Å². The molecule has 0 radical (unpaired) electrons. The number of carbonyl (C=O) groups excluding carboxylic acids is 1. The fourth-order valence-corrected chi connectivity index (χ4v) is 3.89. The van der Waals surface area contributed by atoms with E-state index in [4.69, 9.17) is 23.2 Å². The zero-order valence-electron chi connectivity index (χ0n) is 13.5. The quantitative estimate of drug-likeness (QED) is 0.719. The van der Waals surface area contributed by atoms with Crippen molar-refractivity contribution >= 4 is 40.0 Å². The molecule has 8 heteroatoms. The number of aromatic amines is 1. The summed E-state index contributed by atoms with van der Waals surface area (Å²) >= 11 is 12.8. The summed E-state index contributed by atoms with van der Waals surface area (Å²) in [6.07, 6.45) is 2.40. The summed E-state index contributed by atoms with van der Waals surface area (Å²) < 4.78 is 1.78. The van der Waals surface area contributed by atoms with Crippen molar-refractivity contribution in [2.45, 2.75) is 13.0 Å². The molecule has 1 aromatic carbocycles. The van der Waals surface area contributed by atoms with Crippen LogP contribution in [0.3, 0.4) is 0 Å². The minimum atomic E-state index is -0.487. The average Bonchev–Trinajstić information content (AvgIpc) is 3.20. The van der Waals surface area contributed by atoms with Crippen LogP contribution in [0.4, 0.5) is 0 Å². The Hall–Kier alpha value is -2.02. The number of fused-ring (bicyclic) bond motifs is 3. The maximum Gasteiger partial charge on any atom is 0.248 e. The molecule has 0 saturated heterocycles. The number of aromatic nitrogens is 3. The summed E-state index contributed by atoms with van der Waals surface area (Å²) in [4.78, 5) is 17.0. The Morgan fingerprint density at radius 1 is 1.44 bits per heavy atom. The van der Waals surface area contributed by atoms with Crippen LogP contribution in [-0.4, -0.2) is 43.8 Å². The molecular weight excluding hydrogens is 363 g/mol. The lowest BCUT2D eigenvalue weighted by Gasteiger charge is -2.27. The van der Waals surface area contributed by atoms with Gasteiger partial charge >= 0.3 is 0 Å². The van der Waals surface area contributed by atoms with Gasteiger partial charge in [0, 0.05) is 55.0 Å². The third-order valence-electron chi connectivity index (χ3n) is 4.73. The van der Waals surface area contributed by atoms with Gasteiger partial charge in [-0.25, -0.2) is 0 Å². The van der Waals surface area contributed by atoms with E-state index in [9.17, 15) is 9.90 Å². The summed E-state index contributed by atoms with van der Waals surface area (Å²) in [6, 6.07) is 3.75. The highest BCUT2D eigenvalue weighted by Gasteiger charge is 2.27. The summed E-state index contributed by atoms with van der Waals surface area (Å²) in [7, 11) is 1.87. The van der Waals surface area contributed by atoms with Crippen LogP contribution in [0, 0.1) is 0 Å². The van der Waals surface area contributed by atoms with E-state index in [-0.39, 0.29) is 5.91 Å². The molecule has 0 saturated carbocycles. The number of aryl methyl sites for hydroxylation is 1. The molecule has 1 amide bonds. The SMILES string of the molecule is Cn1nccc1-c1cc(Cl)c(Cl)c2[nH]c3c(c12)CN(C(=O)CO)CC3. The van der Waals surface area contributed by atoms with Gasteiger partial charge in [0.2, 0.25) is 5.91 Å². The van der Waals surface area contributed by atoms with Gasteiger partial charge < -0.3 is 15.0 Å². The molecule has 3 aromatic rings. The van der Waals surface area contributed by atoms with Crippen molar-refractivity contribution in [3.8, 4) is 11.3 Å². The lowest BCUT2D eigenvalue weighted by atomic mass is 9.99. The average molecular weight is 379 g/mol. The third-order valence-corrected chi connectivity index (χ3v) is 5.51. The van der Waals surface area contributed by atoms with E-state index in [1.807, 2.05) is 19.2 Å². The monoisotopic (exact) mass is 378 g/mol. The number of nitrogens with one attached hydrogen (secondary N) is 1. The number of benzene rings is 1. The van der Waals surface area contributed by atoms with E-state index in [0.717, 1.165) is 33.4 Å². The smallest absolute Gasteiger partial charge is 0.248 e. The van der Waals surface area contributed by atoms with Crippen LogP contribution in [0.25, 0.3) is 22.2 Å². The highest BCUT2D eigenvalue weighted by atomic mass is 35.5. The molecule has 0 fully saturated rings. The Balaban J connectivity index is 1.98. The van der Waals surface area contributed by atoms with E-state index in [1.165, 1.54) is 0 Å². The summed E-state index contributed by atoms with van der Waals surface area (Å²) in [5.74, 6) is -0.276. The second-order valence-corrected chi connectivity index (χ2v) is 6.90. The molecule has 6 nitrogen and oxygen atoms in total. The first-order chi connectivity index (χ1) is 12.0. The summed E-state index contributed by atoms with van der Waals surface area (Å²) in [5, 5.41) is 15.3. The minimum Gasteiger partial charge on any atom is -0.387 e. The van der Waals surface area contributed by atoms with E-state index >= 15 is 0 Å². The zero-order chi connectivity index (χ0) is 17.7. The first-order valence-corrected chi connectivity index (χ1v) is 8.65.